The molecule has 0 bridgehead atoms. The number of carbonyl (C=O) groups excluding carboxylic acids is 2. The van der Waals surface area contributed by atoms with Crippen molar-refractivity contribution in [2.75, 3.05) is 17.4 Å². The maximum absolute atomic E-state index is 14.1. The highest BCUT2D eigenvalue weighted by Crippen LogP contribution is 2.29. The van der Waals surface area contributed by atoms with Crippen LogP contribution < -0.4 is 9.62 Å². The second kappa shape index (κ2) is 14.1. The van der Waals surface area contributed by atoms with Gasteiger partial charge in [-0.15, -0.1) is 0 Å². The molecule has 0 aromatic heterocycles. The summed E-state index contributed by atoms with van der Waals surface area (Å²) in [5, 5.41) is 2.90. The van der Waals surface area contributed by atoms with Crippen molar-refractivity contribution in [1.29, 1.82) is 0 Å². The molecule has 214 valence electrons. The van der Waals surface area contributed by atoms with E-state index in [9.17, 15) is 22.4 Å². The summed E-state index contributed by atoms with van der Waals surface area (Å²) in [4.78, 5) is 28.7. The molecule has 0 fully saturated rings. The number of aryl methyl sites for hydroxylation is 1. The molecule has 0 radical (unpaired) electrons. The Kier molecular flexibility index (Phi) is 10.8. The largest absolute Gasteiger partial charge is 0.354 e. The molecule has 0 spiro atoms. The quantitative estimate of drug-likeness (QED) is 0.282. The van der Waals surface area contributed by atoms with Crippen LogP contribution in [0.5, 0.6) is 0 Å². The summed E-state index contributed by atoms with van der Waals surface area (Å²) < 4.78 is 42.6. The monoisotopic (exact) mass is 567 g/mol. The average Bonchev–Trinajstić information content (AvgIpc) is 2.95. The smallest absolute Gasteiger partial charge is 0.264 e. The van der Waals surface area contributed by atoms with Gasteiger partial charge in [-0.05, 0) is 73.7 Å². The lowest BCUT2D eigenvalue weighted by atomic mass is 10.1. The van der Waals surface area contributed by atoms with Gasteiger partial charge in [0.25, 0.3) is 10.0 Å². The summed E-state index contributed by atoms with van der Waals surface area (Å²) in [5.41, 5.74) is 2.62. The predicted molar refractivity (Wildman–Crippen MR) is 156 cm³/mol. The van der Waals surface area contributed by atoms with Gasteiger partial charge in [-0.25, -0.2) is 12.8 Å². The third-order valence-electron chi connectivity index (χ3n) is 6.94. The molecule has 2 amide bonds. The summed E-state index contributed by atoms with van der Waals surface area (Å²) in [6, 6.07) is 18.1. The standard InChI is InChI=1S/C31H38FN3O4S/c1-5-7-20-33-31(37)28(6-2)34(21-25-16-18-26(32)19-17-25)30(36)22-35(29-15-11-12-23(3)24(29)4)40(38,39)27-13-9-8-10-14-27/h8-19,28H,5-7,20-22H2,1-4H3,(H,33,37)/t28-/m1/s1. The minimum atomic E-state index is -4.13. The number of anilines is 1. The fourth-order valence-corrected chi connectivity index (χ4v) is 5.94. The minimum Gasteiger partial charge on any atom is -0.354 e. The third-order valence-corrected chi connectivity index (χ3v) is 8.71. The molecule has 40 heavy (non-hydrogen) atoms. The Labute approximate surface area is 237 Å². The molecule has 0 heterocycles. The van der Waals surface area contributed by atoms with E-state index in [1.54, 1.807) is 49.4 Å². The topological polar surface area (TPSA) is 86.8 Å². The van der Waals surface area contributed by atoms with Crippen LogP contribution in [0, 0.1) is 19.7 Å². The van der Waals surface area contributed by atoms with Crippen molar-refractivity contribution in [2.24, 2.45) is 0 Å². The van der Waals surface area contributed by atoms with Crippen molar-refractivity contribution in [1.82, 2.24) is 10.2 Å². The van der Waals surface area contributed by atoms with Gasteiger partial charge in [0.1, 0.15) is 18.4 Å². The number of nitrogens with one attached hydrogen (secondary N) is 1. The molecule has 0 saturated heterocycles. The summed E-state index contributed by atoms with van der Waals surface area (Å²) in [6.07, 6.45) is 2.01. The third kappa shape index (κ3) is 7.47. The molecule has 7 nitrogen and oxygen atoms in total. The lowest BCUT2D eigenvalue weighted by Crippen LogP contribution is -2.52. The Hall–Kier alpha value is -3.72. The number of sulfonamides is 1. The van der Waals surface area contributed by atoms with E-state index in [1.165, 1.54) is 29.2 Å². The molecule has 1 atom stereocenters. The molecule has 3 aromatic carbocycles. The van der Waals surface area contributed by atoms with Gasteiger partial charge in [0.05, 0.1) is 10.6 Å². The van der Waals surface area contributed by atoms with E-state index in [2.05, 4.69) is 5.32 Å². The number of benzene rings is 3. The number of carbonyl (C=O) groups is 2. The van der Waals surface area contributed by atoms with Gasteiger partial charge in [0.2, 0.25) is 11.8 Å². The molecule has 0 aliphatic carbocycles. The fourth-order valence-electron chi connectivity index (χ4n) is 4.45. The second-order valence-corrected chi connectivity index (χ2v) is 11.6. The van der Waals surface area contributed by atoms with Crippen molar-refractivity contribution in [3.05, 3.63) is 95.3 Å². The normalized spacial score (nSPS) is 12.0. The Balaban J connectivity index is 2.06. The summed E-state index contributed by atoms with van der Waals surface area (Å²) in [6.45, 7) is 7.49. The van der Waals surface area contributed by atoms with Gasteiger partial charge in [-0.3, -0.25) is 13.9 Å². The number of nitrogens with zero attached hydrogens (tertiary/aromatic N) is 2. The highest BCUT2D eigenvalue weighted by Gasteiger charge is 2.34. The van der Waals surface area contributed by atoms with Crippen LogP contribution in [-0.4, -0.2) is 44.3 Å². The molecule has 0 unspecified atom stereocenters. The van der Waals surface area contributed by atoms with Crippen molar-refractivity contribution < 1.29 is 22.4 Å². The van der Waals surface area contributed by atoms with Gasteiger partial charge in [0, 0.05) is 13.1 Å². The van der Waals surface area contributed by atoms with E-state index < -0.39 is 34.3 Å². The van der Waals surface area contributed by atoms with Crippen LogP contribution in [-0.2, 0) is 26.2 Å². The summed E-state index contributed by atoms with van der Waals surface area (Å²) in [7, 11) is -4.13. The number of hydrogen-bond acceptors (Lipinski definition) is 4. The van der Waals surface area contributed by atoms with Crippen LogP contribution in [0.15, 0.2) is 77.7 Å². The molecule has 9 heteroatoms. The Bertz CT molecular complexity index is 1400. The number of hydrogen-bond donors (Lipinski definition) is 1. The van der Waals surface area contributed by atoms with Crippen molar-refractivity contribution in [2.45, 2.75) is 64.4 Å². The first-order valence-corrected chi connectivity index (χ1v) is 15.0. The molecule has 0 saturated carbocycles. The van der Waals surface area contributed by atoms with E-state index in [0.717, 1.165) is 28.3 Å². The fraction of sp³-hybridized carbons (Fsp3) is 0.355. The number of amides is 2. The van der Waals surface area contributed by atoms with E-state index in [4.69, 9.17) is 0 Å². The van der Waals surface area contributed by atoms with Crippen LogP contribution >= 0.6 is 0 Å². The first-order chi connectivity index (χ1) is 19.1. The van der Waals surface area contributed by atoms with Gasteiger partial charge < -0.3 is 10.2 Å². The predicted octanol–water partition coefficient (Wildman–Crippen LogP) is 5.36. The molecule has 0 aliphatic rings. The molecule has 3 aromatic rings. The summed E-state index contributed by atoms with van der Waals surface area (Å²) in [5.74, 6) is -1.26. The van der Waals surface area contributed by atoms with Crippen LogP contribution in [0.25, 0.3) is 0 Å². The lowest BCUT2D eigenvalue weighted by molar-refractivity contribution is -0.140. The second-order valence-electron chi connectivity index (χ2n) is 9.76. The van der Waals surface area contributed by atoms with Gasteiger partial charge >= 0.3 is 0 Å². The van der Waals surface area contributed by atoms with Crippen molar-refractivity contribution >= 4 is 27.5 Å². The molecular weight excluding hydrogens is 529 g/mol. The van der Waals surface area contributed by atoms with E-state index >= 15 is 0 Å². The zero-order valence-electron chi connectivity index (χ0n) is 23.6. The van der Waals surface area contributed by atoms with Gasteiger partial charge in [-0.1, -0.05) is 62.7 Å². The Morgan fingerprint density at radius 2 is 1.60 bits per heavy atom. The first kappa shape index (κ1) is 30.8. The van der Waals surface area contributed by atoms with E-state index in [0.29, 0.717) is 24.2 Å². The molecule has 0 aliphatic heterocycles. The highest BCUT2D eigenvalue weighted by atomic mass is 32.2. The van der Waals surface area contributed by atoms with E-state index in [-0.39, 0.29) is 17.3 Å². The molecule has 3 rings (SSSR count). The maximum Gasteiger partial charge on any atom is 0.264 e. The Morgan fingerprint density at radius 1 is 0.925 bits per heavy atom. The van der Waals surface area contributed by atoms with Crippen molar-refractivity contribution in [3.8, 4) is 0 Å². The van der Waals surface area contributed by atoms with Crippen LogP contribution in [0.1, 0.15) is 49.8 Å². The molecule has 1 N–H and O–H groups in total. The number of rotatable bonds is 13. The number of unbranched alkanes of at least 4 members (excludes halogenated alkanes) is 1. The highest BCUT2D eigenvalue weighted by molar-refractivity contribution is 7.92. The zero-order valence-corrected chi connectivity index (χ0v) is 24.4. The van der Waals surface area contributed by atoms with Gasteiger partial charge in [0.15, 0.2) is 0 Å². The maximum atomic E-state index is 14.1. The SMILES string of the molecule is CCCCNC(=O)[C@@H](CC)N(Cc1ccc(F)cc1)C(=O)CN(c1cccc(C)c1C)S(=O)(=O)c1ccccc1. The average molecular weight is 568 g/mol. The lowest BCUT2D eigenvalue weighted by Gasteiger charge is -2.33. The number of halogens is 1. The first-order valence-electron chi connectivity index (χ1n) is 13.6. The summed E-state index contributed by atoms with van der Waals surface area (Å²) >= 11 is 0. The van der Waals surface area contributed by atoms with E-state index in [1.807, 2.05) is 26.8 Å². The van der Waals surface area contributed by atoms with Crippen LogP contribution in [0.4, 0.5) is 10.1 Å². The van der Waals surface area contributed by atoms with Gasteiger partial charge in [-0.2, -0.15) is 0 Å². The van der Waals surface area contributed by atoms with Crippen LogP contribution in [0.2, 0.25) is 0 Å². The molecular formula is C31H38FN3O4S. The Morgan fingerprint density at radius 3 is 2.23 bits per heavy atom. The zero-order chi connectivity index (χ0) is 29.3. The van der Waals surface area contributed by atoms with Crippen molar-refractivity contribution in [3.63, 3.8) is 0 Å². The minimum absolute atomic E-state index is 0.0187. The van der Waals surface area contributed by atoms with Crippen LogP contribution in [0.3, 0.4) is 0 Å².